The second-order valence-electron chi connectivity index (χ2n) is 4.48. The molecule has 0 spiro atoms. The van der Waals surface area contributed by atoms with E-state index in [0.29, 0.717) is 13.1 Å². The number of benzene rings is 1. The van der Waals surface area contributed by atoms with Gasteiger partial charge in [-0.1, -0.05) is 23.8 Å². The number of alkyl halides is 3. The Balaban J connectivity index is 0.00000288. The van der Waals surface area contributed by atoms with Gasteiger partial charge in [0.1, 0.15) is 5.75 Å². The van der Waals surface area contributed by atoms with Gasteiger partial charge in [0.25, 0.3) is 0 Å². The lowest BCUT2D eigenvalue weighted by Gasteiger charge is -2.15. The number of nitrogens with two attached hydrogens (primary N) is 2. The molecule has 0 amide bonds. The Morgan fingerprint density at radius 1 is 1.16 bits per heavy atom. The van der Waals surface area contributed by atoms with E-state index in [1.54, 1.807) is 4.90 Å². The number of guanidine groups is 2. The summed E-state index contributed by atoms with van der Waals surface area (Å²) in [5.41, 5.74) is 11.6. The molecule has 12 heteroatoms. The van der Waals surface area contributed by atoms with Crippen LogP contribution >= 0.6 is 36.4 Å². The number of rotatable bonds is 2. The number of halogens is 6. The van der Waals surface area contributed by atoms with Crippen LogP contribution in [0.3, 0.4) is 0 Å². The first-order chi connectivity index (χ1) is 10.7. The molecule has 4 N–H and O–H groups in total. The van der Waals surface area contributed by atoms with Crippen molar-refractivity contribution in [3.8, 4) is 5.75 Å². The highest BCUT2D eigenvalue weighted by Gasteiger charge is 2.32. The summed E-state index contributed by atoms with van der Waals surface area (Å²) in [4.78, 5) is 9.61. The molecular weight excluding hydrogens is 406 g/mol. The average Bonchev–Trinajstić information content (AvgIpc) is 2.94. The lowest BCUT2D eigenvalue weighted by atomic mass is 10.3. The first kappa shape index (κ1) is 23.2. The molecule has 140 valence electrons. The summed E-state index contributed by atoms with van der Waals surface area (Å²) in [5.74, 6) is -0.475. The van der Waals surface area contributed by atoms with E-state index in [9.17, 15) is 13.2 Å². The number of nitrogens with zero attached hydrogens (tertiary/aromatic N) is 3. The minimum atomic E-state index is -4.82. The van der Waals surface area contributed by atoms with E-state index >= 15 is 0 Å². The van der Waals surface area contributed by atoms with Gasteiger partial charge in [0.05, 0.1) is 10.7 Å². The molecule has 1 heterocycles. The van der Waals surface area contributed by atoms with Crippen LogP contribution in [0, 0.1) is 0 Å². The highest BCUT2D eigenvalue weighted by molar-refractivity contribution is 6.32. The normalized spacial score (nSPS) is 14.8. The van der Waals surface area contributed by atoms with Gasteiger partial charge in [-0.25, -0.2) is 4.99 Å². The average molecular weight is 421 g/mol. The maximum absolute atomic E-state index is 12.2. The van der Waals surface area contributed by atoms with Crippen molar-refractivity contribution in [2.45, 2.75) is 6.36 Å². The molecular formula is C13H15Cl3F3N5O. The van der Waals surface area contributed by atoms with Gasteiger partial charge < -0.3 is 21.1 Å². The van der Waals surface area contributed by atoms with Crippen LogP contribution in [0.15, 0.2) is 40.3 Å². The van der Waals surface area contributed by atoms with Gasteiger partial charge in [0.15, 0.2) is 5.96 Å². The molecule has 0 aromatic heterocycles. The van der Waals surface area contributed by atoms with Gasteiger partial charge in [0.2, 0.25) is 5.96 Å². The van der Waals surface area contributed by atoms with Gasteiger partial charge in [0, 0.05) is 13.1 Å². The van der Waals surface area contributed by atoms with Crippen molar-refractivity contribution in [2.24, 2.45) is 21.5 Å². The Morgan fingerprint density at radius 2 is 1.76 bits per heavy atom. The van der Waals surface area contributed by atoms with Crippen LogP contribution in [0.1, 0.15) is 0 Å². The number of hydrogen-bond acceptors (Lipinski definition) is 2. The van der Waals surface area contributed by atoms with Crippen molar-refractivity contribution in [3.05, 3.63) is 35.4 Å². The lowest BCUT2D eigenvalue weighted by molar-refractivity contribution is -0.274. The molecule has 0 radical (unpaired) electrons. The molecule has 1 aliphatic rings. The zero-order valence-electron chi connectivity index (χ0n) is 12.5. The number of ether oxygens (including phenoxy) is 1. The Kier molecular flexibility index (Phi) is 8.89. The fourth-order valence-corrected chi connectivity index (χ4v) is 1.99. The van der Waals surface area contributed by atoms with Gasteiger partial charge in [-0.3, -0.25) is 0 Å². The minimum Gasteiger partial charge on any atom is -0.404 e. The molecule has 0 aliphatic carbocycles. The van der Waals surface area contributed by atoms with Crippen LogP contribution in [0.2, 0.25) is 5.02 Å². The van der Waals surface area contributed by atoms with E-state index in [1.165, 1.54) is 12.1 Å². The third-order valence-corrected chi connectivity index (χ3v) is 3.05. The zero-order valence-corrected chi connectivity index (χ0v) is 14.9. The molecule has 0 bridgehead atoms. The van der Waals surface area contributed by atoms with E-state index in [4.69, 9.17) is 23.1 Å². The SMILES string of the molecule is Cl.Cl.NC(=Nc1ccc(OC(F)(F)F)c(Cl)c1)/N=C(/N)N1CC=CC1. The Bertz CT molecular complexity index is 671. The van der Waals surface area contributed by atoms with Crippen molar-refractivity contribution < 1.29 is 17.9 Å². The van der Waals surface area contributed by atoms with Crippen LogP contribution in [-0.4, -0.2) is 36.3 Å². The van der Waals surface area contributed by atoms with Gasteiger partial charge in [-0.2, -0.15) is 4.99 Å². The fourth-order valence-electron chi connectivity index (χ4n) is 1.78. The molecule has 1 aliphatic heterocycles. The molecule has 0 atom stereocenters. The number of hydrogen-bond donors (Lipinski definition) is 2. The van der Waals surface area contributed by atoms with E-state index < -0.39 is 12.1 Å². The van der Waals surface area contributed by atoms with Crippen molar-refractivity contribution in [3.63, 3.8) is 0 Å². The Morgan fingerprint density at radius 3 is 2.28 bits per heavy atom. The topological polar surface area (TPSA) is 89.2 Å². The molecule has 0 saturated carbocycles. The third kappa shape index (κ3) is 7.29. The molecule has 6 nitrogen and oxygen atoms in total. The van der Waals surface area contributed by atoms with E-state index in [-0.39, 0.29) is 47.4 Å². The fraction of sp³-hybridized carbons (Fsp3) is 0.231. The molecule has 0 unspecified atom stereocenters. The monoisotopic (exact) mass is 419 g/mol. The van der Waals surface area contributed by atoms with Crippen molar-refractivity contribution in [1.82, 2.24) is 4.90 Å². The van der Waals surface area contributed by atoms with Crippen molar-refractivity contribution in [2.75, 3.05) is 13.1 Å². The van der Waals surface area contributed by atoms with Gasteiger partial charge in [-0.05, 0) is 18.2 Å². The maximum Gasteiger partial charge on any atom is 0.573 e. The summed E-state index contributed by atoms with van der Waals surface area (Å²) in [5, 5.41) is -0.253. The predicted octanol–water partition coefficient (Wildman–Crippen LogP) is 3.21. The summed E-state index contributed by atoms with van der Waals surface area (Å²) in [6.45, 7) is 1.25. The third-order valence-electron chi connectivity index (χ3n) is 2.76. The van der Waals surface area contributed by atoms with Crippen LogP contribution in [0.5, 0.6) is 5.75 Å². The summed E-state index contributed by atoms with van der Waals surface area (Å²) < 4.78 is 40.2. The van der Waals surface area contributed by atoms with E-state index in [2.05, 4.69) is 14.7 Å². The van der Waals surface area contributed by atoms with Gasteiger partial charge >= 0.3 is 6.36 Å². The first-order valence-electron chi connectivity index (χ1n) is 6.38. The van der Waals surface area contributed by atoms with Gasteiger partial charge in [-0.15, -0.1) is 38.0 Å². The van der Waals surface area contributed by atoms with Crippen molar-refractivity contribution >= 4 is 54.0 Å². The summed E-state index contributed by atoms with van der Waals surface area (Å²) >= 11 is 5.72. The summed E-state index contributed by atoms with van der Waals surface area (Å²) in [7, 11) is 0. The molecule has 1 aromatic carbocycles. The van der Waals surface area contributed by atoms with E-state index in [1.807, 2.05) is 12.2 Å². The van der Waals surface area contributed by atoms with Crippen LogP contribution < -0.4 is 16.2 Å². The quantitative estimate of drug-likeness (QED) is 0.437. The largest absolute Gasteiger partial charge is 0.573 e. The van der Waals surface area contributed by atoms with Crippen LogP contribution in [0.4, 0.5) is 18.9 Å². The Labute approximate surface area is 159 Å². The maximum atomic E-state index is 12.2. The summed E-state index contributed by atoms with van der Waals surface area (Å²) in [6.07, 6.45) is -0.973. The van der Waals surface area contributed by atoms with Crippen molar-refractivity contribution in [1.29, 1.82) is 0 Å². The predicted molar refractivity (Wildman–Crippen MR) is 96.2 cm³/mol. The standard InChI is InChI=1S/C13H13ClF3N5O.2ClH/c14-9-7-8(3-4-10(9)23-13(15,16)17)20-11(18)21-12(19)22-5-1-2-6-22;;/h1-4,7H,5-6H2,(H4,18,19,20,21);2*1H. The molecule has 1 aromatic rings. The molecule has 2 rings (SSSR count). The highest BCUT2D eigenvalue weighted by atomic mass is 35.5. The molecule has 0 saturated heterocycles. The Hall–Kier alpha value is -1.84. The van der Waals surface area contributed by atoms with Crippen LogP contribution in [-0.2, 0) is 0 Å². The zero-order chi connectivity index (χ0) is 17.0. The highest BCUT2D eigenvalue weighted by Crippen LogP contribution is 2.32. The van der Waals surface area contributed by atoms with E-state index in [0.717, 1.165) is 6.07 Å². The first-order valence-corrected chi connectivity index (χ1v) is 6.76. The minimum absolute atomic E-state index is 0. The number of aliphatic imine (C=N–C) groups is 2. The lowest BCUT2D eigenvalue weighted by Crippen LogP contribution is -2.36. The van der Waals surface area contributed by atoms with Crippen LogP contribution in [0.25, 0.3) is 0 Å². The second-order valence-corrected chi connectivity index (χ2v) is 4.89. The summed E-state index contributed by atoms with van der Waals surface area (Å²) in [6, 6.07) is 3.49. The molecule has 0 fully saturated rings. The second kappa shape index (κ2) is 9.59. The molecule has 25 heavy (non-hydrogen) atoms. The smallest absolute Gasteiger partial charge is 0.404 e.